The molecule has 0 aliphatic heterocycles. The monoisotopic (exact) mass is 460 g/mol. The van der Waals surface area contributed by atoms with Gasteiger partial charge in [-0.1, -0.05) is 18.2 Å². The molecular weight excluding hydrogens is 436 g/mol. The Balaban J connectivity index is 2.12. The van der Waals surface area contributed by atoms with Crippen molar-refractivity contribution >= 4 is 38.5 Å². The van der Waals surface area contributed by atoms with Crippen LogP contribution in [0.2, 0.25) is 0 Å². The Hall–Kier alpha value is -3.53. The van der Waals surface area contributed by atoms with E-state index < -0.39 is 27.9 Å². The number of ether oxygens (including phenoxy) is 3. The van der Waals surface area contributed by atoms with Crippen molar-refractivity contribution in [3.8, 4) is 11.5 Å². The number of nitrogens with zero attached hydrogens (tertiary/aromatic N) is 2. The number of esters is 1. The molecule has 32 heavy (non-hydrogen) atoms. The number of anilines is 1. The van der Waals surface area contributed by atoms with E-state index in [1.54, 1.807) is 30.3 Å². The van der Waals surface area contributed by atoms with E-state index in [0.29, 0.717) is 22.4 Å². The Bertz CT molecular complexity index is 1280. The van der Waals surface area contributed by atoms with Gasteiger partial charge in [0.15, 0.2) is 11.5 Å². The lowest BCUT2D eigenvalue weighted by Gasteiger charge is -2.28. The van der Waals surface area contributed by atoms with Gasteiger partial charge in [-0.15, -0.1) is 0 Å². The standard InChI is InChI=1S/C22H24N2O7S/c1-14(24(32(5,27)28)15-10-11-19(29-2)20(12-15)30-3)21(25)23-13-17(22(26)31-4)16-8-6-7-9-18(16)23/h6-14H,1-5H3. The summed E-state index contributed by atoms with van der Waals surface area (Å²) in [6.45, 7) is 1.48. The number of sulfonamides is 1. The van der Waals surface area contributed by atoms with Gasteiger partial charge >= 0.3 is 5.97 Å². The predicted octanol–water partition coefficient (Wildman–Crippen LogP) is 2.94. The van der Waals surface area contributed by atoms with Crippen LogP contribution < -0.4 is 13.8 Å². The van der Waals surface area contributed by atoms with Crippen LogP contribution in [0.4, 0.5) is 5.69 Å². The zero-order valence-corrected chi connectivity index (χ0v) is 19.2. The number of benzene rings is 2. The van der Waals surface area contributed by atoms with Crippen molar-refractivity contribution in [2.75, 3.05) is 31.9 Å². The zero-order valence-electron chi connectivity index (χ0n) is 18.4. The Morgan fingerprint density at radius 2 is 1.66 bits per heavy atom. The number of fused-ring (bicyclic) bond motifs is 1. The van der Waals surface area contributed by atoms with Crippen LogP contribution in [0, 0.1) is 0 Å². The Morgan fingerprint density at radius 1 is 1.00 bits per heavy atom. The van der Waals surface area contributed by atoms with Crippen LogP contribution >= 0.6 is 0 Å². The average molecular weight is 461 g/mol. The smallest absolute Gasteiger partial charge is 0.340 e. The molecule has 0 saturated carbocycles. The van der Waals surface area contributed by atoms with E-state index in [2.05, 4.69) is 0 Å². The fourth-order valence-electron chi connectivity index (χ4n) is 3.60. The number of carbonyl (C=O) groups is 2. The summed E-state index contributed by atoms with van der Waals surface area (Å²) in [6.07, 6.45) is 2.38. The molecule has 1 aromatic heterocycles. The van der Waals surface area contributed by atoms with Crippen molar-refractivity contribution in [3.05, 3.63) is 54.2 Å². The molecule has 0 aliphatic carbocycles. The molecule has 170 valence electrons. The van der Waals surface area contributed by atoms with E-state index in [1.165, 1.54) is 51.1 Å². The molecule has 0 amide bonds. The summed E-state index contributed by atoms with van der Waals surface area (Å²) in [6, 6.07) is 10.3. The lowest BCUT2D eigenvalue weighted by atomic mass is 10.2. The molecule has 3 rings (SSSR count). The van der Waals surface area contributed by atoms with Crippen LogP contribution in [-0.2, 0) is 14.8 Å². The van der Waals surface area contributed by atoms with Crippen LogP contribution in [0.15, 0.2) is 48.7 Å². The number of para-hydroxylation sites is 1. The zero-order chi connectivity index (χ0) is 23.6. The summed E-state index contributed by atoms with van der Waals surface area (Å²) in [5, 5.41) is 0.525. The van der Waals surface area contributed by atoms with Gasteiger partial charge in [0.1, 0.15) is 6.04 Å². The largest absolute Gasteiger partial charge is 0.493 e. The highest BCUT2D eigenvalue weighted by Gasteiger charge is 2.32. The third kappa shape index (κ3) is 4.13. The third-order valence-electron chi connectivity index (χ3n) is 5.04. The van der Waals surface area contributed by atoms with Crippen LogP contribution in [0.5, 0.6) is 11.5 Å². The number of carbonyl (C=O) groups excluding carboxylic acids is 2. The summed E-state index contributed by atoms with van der Waals surface area (Å²) < 4.78 is 43.0. The Kier molecular flexibility index (Phi) is 6.45. The Morgan fingerprint density at radius 3 is 2.25 bits per heavy atom. The first-order chi connectivity index (χ1) is 15.1. The normalized spacial score (nSPS) is 12.3. The third-order valence-corrected chi connectivity index (χ3v) is 6.28. The van der Waals surface area contributed by atoms with E-state index in [-0.39, 0.29) is 11.3 Å². The SMILES string of the molecule is COC(=O)c1cn(C(=O)C(C)N(c2ccc(OC)c(OC)c2)S(C)(=O)=O)c2ccccc12. The molecule has 0 fully saturated rings. The first-order valence-corrected chi connectivity index (χ1v) is 11.4. The highest BCUT2D eigenvalue weighted by Crippen LogP contribution is 2.34. The maximum absolute atomic E-state index is 13.5. The van der Waals surface area contributed by atoms with Gasteiger partial charge in [-0.05, 0) is 25.1 Å². The molecule has 0 aliphatic rings. The minimum atomic E-state index is -3.87. The molecule has 1 atom stereocenters. The second kappa shape index (κ2) is 8.91. The highest BCUT2D eigenvalue weighted by atomic mass is 32.2. The molecule has 1 unspecified atom stereocenters. The second-order valence-corrected chi connectivity index (χ2v) is 8.89. The quantitative estimate of drug-likeness (QED) is 0.499. The van der Waals surface area contributed by atoms with Gasteiger partial charge in [0, 0.05) is 17.6 Å². The molecule has 0 radical (unpaired) electrons. The van der Waals surface area contributed by atoms with Crippen molar-refractivity contribution in [2.24, 2.45) is 0 Å². The fourth-order valence-corrected chi connectivity index (χ4v) is 4.76. The number of methoxy groups -OCH3 is 3. The van der Waals surface area contributed by atoms with Crippen LogP contribution in [0.3, 0.4) is 0 Å². The number of aromatic nitrogens is 1. The topological polar surface area (TPSA) is 104 Å². The molecule has 0 bridgehead atoms. The van der Waals surface area contributed by atoms with Crippen LogP contribution in [-0.4, -0.2) is 58.5 Å². The van der Waals surface area contributed by atoms with Gasteiger partial charge in [0.05, 0.1) is 44.4 Å². The lowest BCUT2D eigenvalue weighted by molar-refractivity contribution is 0.0603. The van der Waals surface area contributed by atoms with E-state index in [1.807, 2.05) is 0 Å². The molecule has 0 spiro atoms. The lowest BCUT2D eigenvalue weighted by Crippen LogP contribution is -2.44. The average Bonchev–Trinajstić information content (AvgIpc) is 3.16. The van der Waals surface area contributed by atoms with E-state index >= 15 is 0 Å². The minimum absolute atomic E-state index is 0.209. The van der Waals surface area contributed by atoms with Crippen molar-refractivity contribution in [1.29, 1.82) is 0 Å². The fraction of sp³-hybridized carbons (Fsp3) is 0.273. The molecule has 10 heteroatoms. The van der Waals surface area contributed by atoms with Crippen molar-refractivity contribution in [2.45, 2.75) is 13.0 Å². The molecule has 0 N–H and O–H groups in total. The predicted molar refractivity (Wildman–Crippen MR) is 120 cm³/mol. The number of rotatable bonds is 7. The second-order valence-electron chi connectivity index (χ2n) is 7.03. The van der Waals surface area contributed by atoms with Gasteiger partial charge in [0.2, 0.25) is 10.0 Å². The van der Waals surface area contributed by atoms with Crippen molar-refractivity contribution < 1.29 is 32.2 Å². The maximum atomic E-state index is 13.5. The highest BCUT2D eigenvalue weighted by molar-refractivity contribution is 7.92. The van der Waals surface area contributed by atoms with E-state index in [0.717, 1.165) is 10.6 Å². The van der Waals surface area contributed by atoms with Crippen LogP contribution in [0.1, 0.15) is 22.1 Å². The molecule has 2 aromatic carbocycles. The summed E-state index contributed by atoms with van der Waals surface area (Å²) in [5.41, 5.74) is 0.904. The first kappa shape index (κ1) is 23.1. The summed E-state index contributed by atoms with van der Waals surface area (Å²) in [5.74, 6) is -0.405. The Labute approximate surface area is 186 Å². The first-order valence-electron chi connectivity index (χ1n) is 9.58. The van der Waals surface area contributed by atoms with E-state index in [9.17, 15) is 18.0 Å². The van der Waals surface area contributed by atoms with Gasteiger partial charge in [-0.2, -0.15) is 0 Å². The molecular formula is C22H24N2O7S. The van der Waals surface area contributed by atoms with Crippen molar-refractivity contribution in [1.82, 2.24) is 4.57 Å². The van der Waals surface area contributed by atoms with Gasteiger partial charge < -0.3 is 14.2 Å². The molecule has 0 saturated heterocycles. The molecule has 9 nitrogen and oxygen atoms in total. The number of hydrogen-bond acceptors (Lipinski definition) is 7. The van der Waals surface area contributed by atoms with Crippen molar-refractivity contribution in [3.63, 3.8) is 0 Å². The molecule has 1 heterocycles. The maximum Gasteiger partial charge on any atom is 0.340 e. The van der Waals surface area contributed by atoms with Gasteiger partial charge in [-0.3, -0.25) is 13.7 Å². The summed E-state index contributed by atoms with van der Waals surface area (Å²) in [7, 11) is 0.278. The summed E-state index contributed by atoms with van der Waals surface area (Å²) >= 11 is 0. The van der Waals surface area contributed by atoms with Crippen LogP contribution in [0.25, 0.3) is 10.9 Å². The molecule has 3 aromatic rings. The summed E-state index contributed by atoms with van der Waals surface area (Å²) in [4.78, 5) is 25.7. The number of hydrogen-bond donors (Lipinski definition) is 0. The van der Waals surface area contributed by atoms with Gasteiger partial charge in [-0.25, -0.2) is 13.2 Å². The van der Waals surface area contributed by atoms with Gasteiger partial charge in [0.25, 0.3) is 5.91 Å². The van der Waals surface area contributed by atoms with E-state index in [4.69, 9.17) is 14.2 Å². The minimum Gasteiger partial charge on any atom is -0.493 e.